The highest BCUT2D eigenvalue weighted by Gasteiger charge is 2.27. The molecule has 1 aromatic heterocycles. The van der Waals surface area contributed by atoms with Gasteiger partial charge in [-0.2, -0.15) is 4.37 Å². The van der Waals surface area contributed by atoms with Gasteiger partial charge in [0.1, 0.15) is 6.33 Å². The summed E-state index contributed by atoms with van der Waals surface area (Å²) in [4.78, 5) is 4.17. The summed E-state index contributed by atoms with van der Waals surface area (Å²) in [5.41, 5.74) is 0. The number of aromatic nitrogens is 2. The van der Waals surface area contributed by atoms with Gasteiger partial charge in [0.05, 0.1) is 0 Å². The lowest BCUT2D eigenvalue weighted by Gasteiger charge is -2.34. The van der Waals surface area contributed by atoms with E-state index in [-0.39, 0.29) is 0 Å². The van der Waals surface area contributed by atoms with E-state index in [1.807, 2.05) is 0 Å². The molecular weight excluding hydrogens is 194 g/mol. The molecule has 3 atom stereocenters. The van der Waals surface area contributed by atoms with Crippen LogP contribution >= 0.6 is 11.5 Å². The Hall–Kier alpha value is -0.640. The third kappa shape index (κ3) is 2.05. The van der Waals surface area contributed by atoms with Crippen molar-refractivity contribution in [2.24, 2.45) is 11.8 Å². The van der Waals surface area contributed by atoms with Crippen molar-refractivity contribution in [2.45, 2.75) is 39.2 Å². The van der Waals surface area contributed by atoms with E-state index >= 15 is 0 Å². The van der Waals surface area contributed by atoms with Crippen molar-refractivity contribution in [2.75, 3.05) is 5.32 Å². The molecule has 1 fully saturated rings. The van der Waals surface area contributed by atoms with Gasteiger partial charge in [-0.05, 0) is 18.3 Å². The minimum absolute atomic E-state index is 0.590. The van der Waals surface area contributed by atoms with Crippen LogP contribution in [0.25, 0.3) is 0 Å². The van der Waals surface area contributed by atoms with E-state index in [0.29, 0.717) is 6.04 Å². The van der Waals surface area contributed by atoms with E-state index in [4.69, 9.17) is 0 Å². The fourth-order valence-corrected chi connectivity index (χ4v) is 2.67. The van der Waals surface area contributed by atoms with Crippen LogP contribution in [-0.4, -0.2) is 15.4 Å². The molecule has 1 aliphatic carbocycles. The first-order valence-electron chi connectivity index (χ1n) is 5.30. The van der Waals surface area contributed by atoms with Crippen LogP contribution in [0.3, 0.4) is 0 Å². The highest BCUT2D eigenvalue weighted by Crippen LogP contribution is 2.31. The van der Waals surface area contributed by atoms with Gasteiger partial charge in [0.2, 0.25) is 5.13 Å². The van der Waals surface area contributed by atoms with Crippen molar-refractivity contribution in [3.63, 3.8) is 0 Å². The third-order valence-corrected chi connectivity index (χ3v) is 3.97. The summed E-state index contributed by atoms with van der Waals surface area (Å²) in [5.74, 6) is 1.57. The quantitative estimate of drug-likeness (QED) is 0.817. The van der Waals surface area contributed by atoms with Crippen LogP contribution in [0.2, 0.25) is 0 Å². The lowest BCUT2D eigenvalue weighted by atomic mass is 9.78. The second kappa shape index (κ2) is 4.26. The van der Waals surface area contributed by atoms with E-state index in [1.54, 1.807) is 6.33 Å². The molecule has 3 unspecified atom stereocenters. The molecule has 1 heterocycles. The number of rotatable bonds is 2. The molecule has 0 radical (unpaired) electrons. The molecule has 1 N–H and O–H groups in total. The highest BCUT2D eigenvalue weighted by atomic mass is 32.1. The molecule has 0 amide bonds. The molecule has 0 spiro atoms. The van der Waals surface area contributed by atoms with Crippen molar-refractivity contribution < 1.29 is 0 Å². The first kappa shape index (κ1) is 9.90. The highest BCUT2D eigenvalue weighted by molar-refractivity contribution is 7.09. The zero-order valence-corrected chi connectivity index (χ0v) is 9.55. The van der Waals surface area contributed by atoms with Crippen molar-refractivity contribution in [3.05, 3.63) is 6.33 Å². The number of nitrogens with one attached hydrogen (secondary N) is 1. The predicted molar refractivity (Wildman–Crippen MR) is 59.5 cm³/mol. The summed E-state index contributed by atoms with van der Waals surface area (Å²) in [6.45, 7) is 4.68. The molecule has 1 aromatic rings. The largest absolute Gasteiger partial charge is 0.357 e. The summed E-state index contributed by atoms with van der Waals surface area (Å²) in [6, 6.07) is 0.590. The van der Waals surface area contributed by atoms with Gasteiger partial charge < -0.3 is 5.32 Å². The zero-order valence-electron chi connectivity index (χ0n) is 8.73. The Morgan fingerprint density at radius 2 is 2.29 bits per heavy atom. The van der Waals surface area contributed by atoms with E-state index in [2.05, 4.69) is 28.5 Å². The first-order chi connectivity index (χ1) is 6.77. The Bertz CT molecular complexity index is 273. The van der Waals surface area contributed by atoms with Crippen LogP contribution in [0, 0.1) is 11.8 Å². The Labute approximate surface area is 89.1 Å². The SMILES string of the molecule is CC1CCCC(Nc2ncns2)C1C. The first-order valence-corrected chi connectivity index (χ1v) is 6.08. The Balaban J connectivity index is 1.97. The normalized spacial score (nSPS) is 32.9. The molecule has 0 aliphatic heterocycles. The summed E-state index contributed by atoms with van der Waals surface area (Å²) in [5, 5.41) is 4.45. The Kier molecular flexibility index (Phi) is 3.01. The van der Waals surface area contributed by atoms with E-state index in [1.165, 1.54) is 30.8 Å². The van der Waals surface area contributed by atoms with Crippen molar-refractivity contribution in [1.29, 1.82) is 0 Å². The molecule has 0 saturated heterocycles. The average molecular weight is 211 g/mol. The summed E-state index contributed by atoms with van der Waals surface area (Å²) in [6.07, 6.45) is 5.59. The fourth-order valence-electron chi connectivity index (χ4n) is 2.18. The molecular formula is C10H17N3S. The number of anilines is 1. The lowest BCUT2D eigenvalue weighted by Crippen LogP contribution is -2.34. The maximum Gasteiger partial charge on any atom is 0.202 e. The van der Waals surface area contributed by atoms with Gasteiger partial charge in [-0.25, -0.2) is 4.98 Å². The van der Waals surface area contributed by atoms with Crippen LogP contribution in [0.4, 0.5) is 5.13 Å². The van der Waals surface area contributed by atoms with Gasteiger partial charge in [-0.3, -0.25) is 0 Å². The van der Waals surface area contributed by atoms with E-state index < -0.39 is 0 Å². The molecule has 3 nitrogen and oxygen atoms in total. The van der Waals surface area contributed by atoms with Crippen LogP contribution in [0.5, 0.6) is 0 Å². The standard InChI is InChI=1S/C10H17N3S/c1-7-4-3-5-9(8(7)2)13-10-11-6-12-14-10/h6-9H,3-5H2,1-2H3,(H,11,12,13). The van der Waals surface area contributed by atoms with E-state index in [0.717, 1.165) is 17.0 Å². The molecule has 78 valence electrons. The lowest BCUT2D eigenvalue weighted by molar-refractivity contribution is 0.253. The summed E-state index contributed by atoms with van der Waals surface area (Å²) < 4.78 is 4.00. The molecule has 0 aromatic carbocycles. The van der Waals surface area contributed by atoms with Crippen LogP contribution in [0.15, 0.2) is 6.33 Å². The third-order valence-electron chi connectivity index (χ3n) is 3.38. The monoisotopic (exact) mass is 211 g/mol. The molecule has 0 bridgehead atoms. The summed E-state index contributed by atoms with van der Waals surface area (Å²) >= 11 is 1.45. The number of nitrogens with zero attached hydrogens (tertiary/aromatic N) is 2. The minimum atomic E-state index is 0.590. The second-order valence-corrected chi connectivity index (χ2v) is 5.04. The second-order valence-electron chi connectivity index (χ2n) is 4.26. The maximum atomic E-state index is 4.17. The smallest absolute Gasteiger partial charge is 0.202 e. The van der Waals surface area contributed by atoms with Crippen molar-refractivity contribution >= 4 is 16.7 Å². The predicted octanol–water partition coefficient (Wildman–Crippen LogP) is 2.77. The van der Waals surface area contributed by atoms with Crippen LogP contribution in [-0.2, 0) is 0 Å². The topological polar surface area (TPSA) is 37.8 Å². The molecule has 1 aliphatic rings. The van der Waals surface area contributed by atoms with Gasteiger partial charge in [-0.15, -0.1) is 0 Å². The molecule has 2 rings (SSSR count). The van der Waals surface area contributed by atoms with Gasteiger partial charge in [0, 0.05) is 17.6 Å². The zero-order chi connectivity index (χ0) is 9.97. The number of hydrogen-bond acceptors (Lipinski definition) is 4. The fraction of sp³-hybridized carbons (Fsp3) is 0.800. The maximum absolute atomic E-state index is 4.17. The van der Waals surface area contributed by atoms with Gasteiger partial charge in [0.25, 0.3) is 0 Å². The van der Waals surface area contributed by atoms with Gasteiger partial charge >= 0.3 is 0 Å². The summed E-state index contributed by atoms with van der Waals surface area (Å²) in [7, 11) is 0. The molecule has 1 saturated carbocycles. The van der Waals surface area contributed by atoms with Crippen molar-refractivity contribution in [3.8, 4) is 0 Å². The van der Waals surface area contributed by atoms with Crippen LogP contribution < -0.4 is 5.32 Å². The van der Waals surface area contributed by atoms with E-state index in [9.17, 15) is 0 Å². The minimum Gasteiger partial charge on any atom is -0.357 e. The van der Waals surface area contributed by atoms with Crippen LogP contribution in [0.1, 0.15) is 33.1 Å². The van der Waals surface area contributed by atoms with Crippen molar-refractivity contribution in [1.82, 2.24) is 9.36 Å². The van der Waals surface area contributed by atoms with Gasteiger partial charge in [-0.1, -0.05) is 26.7 Å². The molecule has 14 heavy (non-hydrogen) atoms. The average Bonchev–Trinajstić information content (AvgIpc) is 2.66. The Morgan fingerprint density at radius 1 is 1.43 bits per heavy atom. The molecule has 4 heteroatoms. The number of hydrogen-bond donors (Lipinski definition) is 1. The Morgan fingerprint density at radius 3 is 3.00 bits per heavy atom. The van der Waals surface area contributed by atoms with Gasteiger partial charge in [0.15, 0.2) is 0 Å².